The maximum Gasteiger partial charge on any atom is 0.164 e. The van der Waals surface area contributed by atoms with Crippen LogP contribution in [0.1, 0.15) is 22.3 Å². The minimum absolute atomic E-state index is 0.510. The van der Waals surface area contributed by atoms with Crippen molar-refractivity contribution in [3.05, 3.63) is 235 Å². The Kier molecular flexibility index (Phi) is 7.51. The van der Waals surface area contributed by atoms with E-state index in [2.05, 4.69) is 174 Å². The van der Waals surface area contributed by atoms with Gasteiger partial charge in [0.2, 0.25) is 0 Å². The SMILES string of the molecule is c1ccc(-c2nc3ccccn3c2-c2ccccc2-c2nc(-c3ccc4c(c3)C3(c5ccccc5-c5ccccc53)c3ccccc3-4)nc(-c3ccc4c(c3)oc3ccccc34)n2)cc1. The summed E-state index contributed by atoms with van der Waals surface area (Å²) in [6, 6.07) is 72.8. The molecule has 0 radical (unpaired) electrons. The molecule has 0 atom stereocenters. The molecule has 12 aromatic rings. The molecule has 302 valence electrons. The van der Waals surface area contributed by atoms with Crippen LogP contribution in [0.3, 0.4) is 0 Å². The Labute approximate surface area is 373 Å². The molecule has 0 fully saturated rings. The first kappa shape index (κ1) is 35.8. The van der Waals surface area contributed by atoms with Gasteiger partial charge in [-0.3, -0.25) is 4.40 Å². The Morgan fingerprint density at radius 3 is 1.62 bits per heavy atom. The van der Waals surface area contributed by atoms with Gasteiger partial charge in [-0.1, -0.05) is 170 Å². The number of pyridine rings is 1. The second-order valence-corrected chi connectivity index (χ2v) is 16.9. The lowest BCUT2D eigenvalue weighted by atomic mass is 9.70. The molecule has 65 heavy (non-hydrogen) atoms. The van der Waals surface area contributed by atoms with E-state index in [-0.39, 0.29) is 0 Å². The highest BCUT2D eigenvalue weighted by Crippen LogP contribution is 2.63. The number of hydrogen-bond acceptors (Lipinski definition) is 5. The van der Waals surface area contributed by atoms with Crippen LogP contribution in [0.4, 0.5) is 0 Å². The standard InChI is InChI=1S/C59H35N5O/c1-2-16-36(17-3-1)54-55(64-33-15-14-28-53(64)60-54)45-22-4-5-23-46(45)58-62-56(61-57(63-58)38-30-32-44-43-21-9-13-27-51(43)65-52(44)35-38)37-29-31-42-41-20-8-12-26-49(41)59(50(42)34-37)47-24-10-6-18-39(47)40-19-7-11-25-48(40)59/h1-35H. The predicted molar refractivity (Wildman–Crippen MR) is 259 cm³/mol. The number of benzene rings is 8. The third-order valence-electron chi connectivity index (χ3n) is 13.5. The van der Waals surface area contributed by atoms with Gasteiger partial charge in [-0.15, -0.1) is 0 Å². The summed E-state index contributed by atoms with van der Waals surface area (Å²) >= 11 is 0. The van der Waals surface area contributed by atoms with E-state index >= 15 is 0 Å². The molecule has 2 aliphatic rings. The van der Waals surface area contributed by atoms with Crippen molar-refractivity contribution in [2.75, 3.05) is 0 Å². The summed E-state index contributed by atoms with van der Waals surface area (Å²) in [5, 5.41) is 2.12. The van der Waals surface area contributed by atoms with E-state index < -0.39 is 5.41 Å². The molecular weight excluding hydrogens is 795 g/mol. The number of fused-ring (bicyclic) bond motifs is 14. The highest BCUT2D eigenvalue weighted by molar-refractivity contribution is 6.06. The molecule has 1 spiro atoms. The zero-order valence-electron chi connectivity index (χ0n) is 34.9. The van der Waals surface area contributed by atoms with Crippen molar-refractivity contribution < 1.29 is 4.42 Å². The quantitative estimate of drug-likeness (QED) is 0.173. The summed E-state index contributed by atoms with van der Waals surface area (Å²) in [6.45, 7) is 0. The van der Waals surface area contributed by atoms with Crippen molar-refractivity contribution >= 4 is 27.6 Å². The Bertz CT molecular complexity index is 3860. The molecule has 0 saturated heterocycles. The van der Waals surface area contributed by atoms with Crippen LogP contribution >= 0.6 is 0 Å². The summed E-state index contributed by atoms with van der Waals surface area (Å²) < 4.78 is 8.58. The number of para-hydroxylation sites is 1. The van der Waals surface area contributed by atoms with Crippen LogP contribution in [0.2, 0.25) is 0 Å². The third-order valence-corrected chi connectivity index (χ3v) is 13.5. The van der Waals surface area contributed by atoms with Crippen molar-refractivity contribution in [1.29, 1.82) is 0 Å². The number of hydrogen-bond donors (Lipinski definition) is 0. The van der Waals surface area contributed by atoms with Crippen LogP contribution < -0.4 is 0 Å². The fraction of sp³-hybridized carbons (Fsp3) is 0.0169. The molecule has 6 nitrogen and oxygen atoms in total. The van der Waals surface area contributed by atoms with Gasteiger partial charge in [-0.2, -0.15) is 0 Å². The first-order valence-corrected chi connectivity index (χ1v) is 22.0. The van der Waals surface area contributed by atoms with Gasteiger partial charge in [-0.05, 0) is 80.9 Å². The van der Waals surface area contributed by atoms with Gasteiger partial charge in [-0.25, -0.2) is 19.9 Å². The summed E-state index contributed by atoms with van der Waals surface area (Å²) in [6.07, 6.45) is 2.07. The van der Waals surface area contributed by atoms with E-state index in [1.54, 1.807) is 0 Å². The molecule has 2 aliphatic carbocycles. The van der Waals surface area contributed by atoms with E-state index in [1.165, 1.54) is 44.5 Å². The molecule has 0 bridgehead atoms. The lowest BCUT2D eigenvalue weighted by molar-refractivity contribution is 0.669. The molecule has 14 rings (SSSR count). The normalized spacial score (nSPS) is 13.0. The Balaban J connectivity index is 1.02. The minimum atomic E-state index is -0.510. The topological polar surface area (TPSA) is 69.1 Å². The average molecular weight is 830 g/mol. The Hall–Kier alpha value is -8.74. The number of rotatable bonds is 5. The van der Waals surface area contributed by atoms with Gasteiger partial charge in [0, 0.05) is 44.8 Å². The van der Waals surface area contributed by atoms with Crippen molar-refractivity contribution in [3.8, 4) is 78.9 Å². The van der Waals surface area contributed by atoms with Crippen LogP contribution in [-0.2, 0) is 5.41 Å². The molecule has 0 aliphatic heterocycles. The second kappa shape index (κ2) is 13.6. The van der Waals surface area contributed by atoms with E-state index in [9.17, 15) is 0 Å². The van der Waals surface area contributed by atoms with Crippen LogP contribution in [0.15, 0.2) is 217 Å². The summed E-state index contributed by atoms with van der Waals surface area (Å²) in [5.41, 5.74) is 18.5. The van der Waals surface area contributed by atoms with Gasteiger partial charge in [0.05, 0.1) is 16.8 Å². The molecule has 0 N–H and O–H groups in total. The van der Waals surface area contributed by atoms with Crippen molar-refractivity contribution in [2.24, 2.45) is 0 Å². The van der Waals surface area contributed by atoms with Crippen LogP contribution in [0, 0.1) is 0 Å². The molecule has 4 aromatic heterocycles. The van der Waals surface area contributed by atoms with Gasteiger partial charge >= 0.3 is 0 Å². The monoisotopic (exact) mass is 829 g/mol. The predicted octanol–water partition coefficient (Wildman–Crippen LogP) is 14.1. The van der Waals surface area contributed by atoms with Crippen LogP contribution in [-0.4, -0.2) is 24.3 Å². The summed E-state index contributed by atoms with van der Waals surface area (Å²) in [5.74, 6) is 1.70. The number of imidazole rings is 1. The van der Waals surface area contributed by atoms with Crippen LogP contribution in [0.25, 0.3) is 107 Å². The molecular formula is C59H35N5O. The van der Waals surface area contributed by atoms with Gasteiger partial charge in [0.1, 0.15) is 16.8 Å². The zero-order chi connectivity index (χ0) is 42.6. The second-order valence-electron chi connectivity index (χ2n) is 16.9. The Morgan fingerprint density at radius 2 is 0.892 bits per heavy atom. The highest BCUT2D eigenvalue weighted by Gasteiger charge is 2.51. The van der Waals surface area contributed by atoms with Gasteiger partial charge in [0.15, 0.2) is 17.5 Å². The lowest BCUT2D eigenvalue weighted by Crippen LogP contribution is -2.25. The van der Waals surface area contributed by atoms with Crippen molar-refractivity contribution in [1.82, 2.24) is 24.3 Å². The zero-order valence-corrected chi connectivity index (χ0v) is 34.9. The Morgan fingerprint density at radius 1 is 0.354 bits per heavy atom. The molecule has 4 heterocycles. The number of aromatic nitrogens is 5. The first-order valence-electron chi connectivity index (χ1n) is 22.0. The van der Waals surface area contributed by atoms with Crippen molar-refractivity contribution in [3.63, 3.8) is 0 Å². The maximum atomic E-state index is 6.42. The smallest absolute Gasteiger partial charge is 0.164 e. The van der Waals surface area contributed by atoms with E-state index in [1.807, 2.05) is 42.5 Å². The van der Waals surface area contributed by atoms with E-state index in [0.29, 0.717) is 17.5 Å². The maximum absolute atomic E-state index is 6.42. The highest BCUT2D eigenvalue weighted by atomic mass is 16.3. The number of furan rings is 1. The van der Waals surface area contributed by atoms with Gasteiger partial charge in [0.25, 0.3) is 0 Å². The molecule has 0 amide bonds. The van der Waals surface area contributed by atoms with Gasteiger partial charge < -0.3 is 4.42 Å². The molecule has 8 aromatic carbocycles. The summed E-state index contributed by atoms with van der Waals surface area (Å²) in [7, 11) is 0. The van der Waals surface area contributed by atoms with E-state index in [4.69, 9.17) is 24.4 Å². The average Bonchev–Trinajstić information content (AvgIpc) is 4.11. The molecule has 0 saturated carbocycles. The van der Waals surface area contributed by atoms with E-state index in [0.717, 1.165) is 66.8 Å². The van der Waals surface area contributed by atoms with Crippen LogP contribution in [0.5, 0.6) is 0 Å². The fourth-order valence-corrected chi connectivity index (χ4v) is 10.8. The van der Waals surface area contributed by atoms with Crippen molar-refractivity contribution in [2.45, 2.75) is 5.41 Å². The fourth-order valence-electron chi connectivity index (χ4n) is 10.8. The largest absolute Gasteiger partial charge is 0.456 e. The molecule has 6 heteroatoms. The number of nitrogens with zero attached hydrogens (tertiary/aromatic N) is 5. The first-order chi connectivity index (χ1) is 32.2. The third kappa shape index (κ3) is 5.10. The minimum Gasteiger partial charge on any atom is -0.456 e. The molecule has 0 unspecified atom stereocenters. The summed E-state index contributed by atoms with van der Waals surface area (Å²) in [4.78, 5) is 21.4. The lowest BCUT2D eigenvalue weighted by Gasteiger charge is -2.30.